The smallest absolute Gasteiger partial charge is 0.253 e. The van der Waals surface area contributed by atoms with E-state index in [-0.39, 0.29) is 5.91 Å². The van der Waals surface area contributed by atoms with Gasteiger partial charge in [-0.3, -0.25) is 14.7 Å². The molecule has 0 saturated carbocycles. The van der Waals surface area contributed by atoms with Gasteiger partial charge in [0, 0.05) is 62.1 Å². The highest BCUT2D eigenvalue weighted by molar-refractivity contribution is 5.94. The zero-order valence-corrected chi connectivity index (χ0v) is 21.5. The Kier molecular flexibility index (Phi) is 6.49. The molecule has 36 heavy (non-hydrogen) atoms. The number of nitrogens with zero attached hydrogens (tertiary/aromatic N) is 5. The molecule has 1 aliphatic heterocycles. The third-order valence-corrected chi connectivity index (χ3v) is 7.50. The first kappa shape index (κ1) is 24.0. The van der Waals surface area contributed by atoms with E-state index in [2.05, 4.69) is 51.6 Å². The molecule has 1 aromatic carbocycles. The summed E-state index contributed by atoms with van der Waals surface area (Å²) in [4.78, 5) is 25.6. The summed E-state index contributed by atoms with van der Waals surface area (Å²) in [5, 5.41) is 1.11. The number of hydrogen-bond donors (Lipinski definition) is 1. The van der Waals surface area contributed by atoms with E-state index in [4.69, 9.17) is 5.73 Å². The Hall–Kier alpha value is -3.71. The number of piperidine rings is 1. The average molecular weight is 483 g/mol. The van der Waals surface area contributed by atoms with Crippen LogP contribution in [0.5, 0.6) is 0 Å². The summed E-state index contributed by atoms with van der Waals surface area (Å²) in [7, 11) is 5.67. The van der Waals surface area contributed by atoms with Crippen LogP contribution in [-0.2, 0) is 13.6 Å². The summed E-state index contributed by atoms with van der Waals surface area (Å²) in [5.74, 6) is 0.557. The lowest BCUT2D eigenvalue weighted by atomic mass is 9.85. The molecule has 1 saturated heterocycles. The summed E-state index contributed by atoms with van der Waals surface area (Å²) in [6.07, 6.45) is 5.76. The van der Waals surface area contributed by atoms with E-state index in [0.29, 0.717) is 17.6 Å². The second-order valence-corrected chi connectivity index (χ2v) is 10.1. The molecule has 7 heteroatoms. The Morgan fingerprint density at radius 2 is 1.89 bits per heavy atom. The highest BCUT2D eigenvalue weighted by Crippen LogP contribution is 2.34. The van der Waals surface area contributed by atoms with E-state index in [1.54, 1.807) is 25.2 Å². The first-order chi connectivity index (χ1) is 17.3. The molecule has 0 unspecified atom stereocenters. The summed E-state index contributed by atoms with van der Waals surface area (Å²) < 4.78 is 2.20. The van der Waals surface area contributed by atoms with Gasteiger partial charge in [0.15, 0.2) is 0 Å². The molecule has 3 aromatic heterocycles. The number of carbonyl (C=O) groups excluding carboxylic acids is 1. The minimum absolute atomic E-state index is 0.0458. The Labute approximate surface area is 212 Å². The van der Waals surface area contributed by atoms with E-state index >= 15 is 0 Å². The lowest BCUT2D eigenvalue weighted by Crippen LogP contribution is -2.39. The summed E-state index contributed by atoms with van der Waals surface area (Å²) in [5.41, 5.74) is 12.8. The third-order valence-electron chi connectivity index (χ3n) is 7.50. The van der Waals surface area contributed by atoms with Crippen LogP contribution in [0.3, 0.4) is 0 Å². The second kappa shape index (κ2) is 9.74. The highest BCUT2D eigenvalue weighted by atomic mass is 16.2. The molecule has 186 valence electrons. The van der Waals surface area contributed by atoms with Gasteiger partial charge in [0.2, 0.25) is 0 Å². The van der Waals surface area contributed by atoms with E-state index in [0.717, 1.165) is 53.8 Å². The molecule has 1 aliphatic rings. The number of amides is 1. The standard InChI is InChI=1S/C29H34N6O/c1-19-15-22(20-5-7-21(8-6-20)29(36)33(2)3)12-14-35(19)18-24-16-26-25(11-13-31-28(26)34(24)4)27-10-9-23(30)17-32-27/h5-11,13,16-17,19,22H,12,14-15,18,30H2,1-4H3/t19-,22+/m0/s1. The van der Waals surface area contributed by atoms with Crippen molar-refractivity contribution in [3.63, 3.8) is 0 Å². The van der Waals surface area contributed by atoms with Gasteiger partial charge in [-0.2, -0.15) is 0 Å². The van der Waals surface area contributed by atoms with Gasteiger partial charge in [-0.25, -0.2) is 4.98 Å². The molecule has 4 heterocycles. The first-order valence-corrected chi connectivity index (χ1v) is 12.5. The largest absolute Gasteiger partial charge is 0.397 e. The first-order valence-electron chi connectivity index (χ1n) is 12.5. The van der Waals surface area contributed by atoms with Crippen molar-refractivity contribution in [1.82, 2.24) is 24.3 Å². The van der Waals surface area contributed by atoms with E-state index < -0.39 is 0 Å². The van der Waals surface area contributed by atoms with Crippen LogP contribution in [0.25, 0.3) is 22.3 Å². The monoisotopic (exact) mass is 482 g/mol. The molecule has 2 atom stereocenters. The van der Waals surface area contributed by atoms with Gasteiger partial charge in [0.05, 0.1) is 17.6 Å². The number of nitrogens with two attached hydrogens (primary N) is 1. The number of hydrogen-bond acceptors (Lipinski definition) is 5. The maximum absolute atomic E-state index is 12.2. The van der Waals surface area contributed by atoms with Gasteiger partial charge in [-0.05, 0) is 74.2 Å². The van der Waals surface area contributed by atoms with E-state index in [1.165, 1.54) is 11.3 Å². The zero-order valence-electron chi connectivity index (χ0n) is 21.5. The molecule has 2 N–H and O–H groups in total. The van der Waals surface area contributed by atoms with Crippen molar-refractivity contribution in [2.24, 2.45) is 7.05 Å². The maximum atomic E-state index is 12.2. The Morgan fingerprint density at radius 3 is 2.56 bits per heavy atom. The molecule has 0 spiro atoms. The molecule has 5 rings (SSSR count). The van der Waals surface area contributed by atoms with Gasteiger partial charge < -0.3 is 15.2 Å². The molecule has 1 fully saturated rings. The SMILES string of the molecule is C[C@H]1C[C@H](c2ccc(C(=O)N(C)C)cc2)CCN1Cc1cc2c(-c3ccc(N)cn3)ccnc2n1C. The molecule has 1 amide bonds. The van der Waals surface area contributed by atoms with Crippen LogP contribution in [-0.4, -0.2) is 56.9 Å². The molecule has 0 aliphatic carbocycles. The molecular formula is C29H34N6O. The zero-order chi connectivity index (χ0) is 25.4. The number of nitrogen functional groups attached to an aromatic ring is 1. The lowest BCUT2D eigenvalue weighted by molar-refractivity contribution is 0.0827. The quantitative estimate of drug-likeness (QED) is 0.446. The number of aromatic nitrogens is 3. The molecule has 4 aromatic rings. The summed E-state index contributed by atoms with van der Waals surface area (Å²) in [6.45, 7) is 4.23. The number of rotatable bonds is 5. The van der Waals surface area contributed by atoms with Gasteiger partial charge in [0.25, 0.3) is 5.91 Å². The number of pyridine rings is 2. The topological polar surface area (TPSA) is 80.3 Å². The fraction of sp³-hybridized carbons (Fsp3) is 0.345. The second-order valence-electron chi connectivity index (χ2n) is 10.1. The fourth-order valence-corrected chi connectivity index (χ4v) is 5.33. The molecule has 7 nitrogen and oxygen atoms in total. The summed E-state index contributed by atoms with van der Waals surface area (Å²) >= 11 is 0. The number of likely N-dealkylation sites (tertiary alicyclic amines) is 1. The van der Waals surface area contributed by atoms with Crippen molar-refractivity contribution < 1.29 is 4.79 Å². The minimum atomic E-state index is 0.0458. The number of fused-ring (bicyclic) bond motifs is 1. The Bertz CT molecular complexity index is 1370. The van der Waals surface area contributed by atoms with Crippen LogP contribution in [0.1, 0.15) is 47.3 Å². The van der Waals surface area contributed by atoms with E-state index in [9.17, 15) is 4.79 Å². The van der Waals surface area contributed by atoms with Crippen molar-refractivity contribution in [3.8, 4) is 11.3 Å². The number of benzene rings is 1. The Balaban J connectivity index is 1.31. The number of anilines is 1. The normalized spacial score (nSPS) is 18.4. The number of aryl methyl sites for hydroxylation is 1. The van der Waals surface area contributed by atoms with Gasteiger partial charge in [0.1, 0.15) is 5.65 Å². The molecule has 0 radical (unpaired) electrons. The van der Waals surface area contributed by atoms with Crippen molar-refractivity contribution in [2.45, 2.75) is 38.3 Å². The van der Waals surface area contributed by atoms with Crippen LogP contribution in [0.2, 0.25) is 0 Å². The van der Waals surface area contributed by atoms with E-state index in [1.807, 2.05) is 36.5 Å². The summed E-state index contributed by atoms with van der Waals surface area (Å²) in [6, 6.07) is 16.8. The van der Waals surface area contributed by atoms with Crippen molar-refractivity contribution in [2.75, 3.05) is 26.4 Å². The minimum Gasteiger partial charge on any atom is -0.397 e. The van der Waals surface area contributed by atoms with Crippen molar-refractivity contribution >= 4 is 22.6 Å². The fourth-order valence-electron chi connectivity index (χ4n) is 5.33. The predicted molar refractivity (Wildman–Crippen MR) is 145 cm³/mol. The van der Waals surface area contributed by atoms with Crippen LogP contribution in [0.15, 0.2) is 60.9 Å². The van der Waals surface area contributed by atoms with Crippen LogP contribution < -0.4 is 5.73 Å². The van der Waals surface area contributed by atoms with Gasteiger partial charge in [-0.1, -0.05) is 12.1 Å². The van der Waals surface area contributed by atoms with Crippen LogP contribution in [0, 0.1) is 0 Å². The predicted octanol–water partition coefficient (Wildman–Crippen LogP) is 4.69. The van der Waals surface area contributed by atoms with Gasteiger partial charge >= 0.3 is 0 Å². The van der Waals surface area contributed by atoms with Crippen molar-refractivity contribution in [3.05, 3.63) is 77.7 Å². The molecular weight excluding hydrogens is 448 g/mol. The highest BCUT2D eigenvalue weighted by Gasteiger charge is 2.27. The van der Waals surface area contributed by atoms with Crippen LogP contribution >= 0.6 is 0 Å². The maximum Gasteiger partial charge on any atom is 0.253 e. The average Bonchev–Trinajstić information content (AvgIpc) is 3.20. The molecule has 0 bridgehead atoms. The number of carbonyl (C=O) groups is 1. The van der Waals surface area contributed by atoms with Gasteiger partial charge in [-0.15, -0.1) is 0 Å². The third kappa shape index (κ3) is 4.58. The van der Waals surface area contributed by atoms with Crippen LogP contribution in [0.4, 0.5) is 5.69 Å². The Morgan fingerprint density at radius 1 is 1.11 bits per heavy atom. The van der Waals surface area contributed by atoms with Crippen molar-refractivity contribution in [1.29, 1.82) is 0 Å². The lowest BCUT2D eigenvalue weighted by Gasteiger charge is -2.38.